The molecule has 3 rings (SSSR count). The largest absolute Gasteiger partial charge is 0.443 e. The van der Waals surface area contributed by atoms with E-state index >= 15 is 0 Å². The van der Waals surface area contributed by atoms with E-state index in [1.54, 1.807) is 20.8 Å². The lowest BCUT2D eigenvalue weighted by atomic mass is 9.85. The number of rotatable bonds is 4. The fourth-order valence-electron chi connectivity index (χ4n) is 3.87. The Hall–Kier alpha value is -2.05. The minimum atomic E-state index is -4.11. The van der Waals surface area contributed by atoms with E-state index in [-0.39, 0.29) is 4.90 Å². The molecule has 0 bridgehead atoms. The van der Waals surface area contributed by atoms with Gasteiger partial charge in [-0.25, -0.2) is 13.2 Å². The number of sulfonamides is 1. The van der Waals surface area contributed by atoms with Crippen molar-refractivity contribution in [3.8, 4) is 0 Å². The van der Waals surface area contributed by atoms with Gasteiger partial charge in [-0.05, 0) is 87.4 Å². The zero-order valence-corrected chi connectivity index (χ0v) is 19.4. The van der Waals surface area contributed by atoms with Crippen LogP contribution >= 0.6 is 11.6 Å². The van der Waals surface area contributed by atoms with Crippen molar-refractivity contribution in [3.63, 3.8) is 0 Å². The van der Waals surface area contributed by atoms with Crippen LogP contribution in [0, 0.1) is 0 Å². The summed E-state index contributed by atoms with van der Waals surface area (Å²) in [4.78, 5) is 13.1. The van der Waals surface area contributed by atoms with E-state index in [1.807, 2.05) is 12.1 Å². The summed E-state index contributed by atoms with van der Waals surface area (Å²) < 4.78 is 33.4. The third-order valence-electron chi connectivity index (χ3n) is 5.21. The highest BCUT2D eigenvalue weighted by molar-refractivity contribution is 7.89. The average molecular weight is 450 g/mol. The van der Waals surface area contributed by atoms with Crippen molar-refractivity contribution in [1.82, 2.24) is 4.31 Å². The monoisotopic (exact) mass is 449 g/mol. The van der Waals surface area contributed by atoms with Crippen LogP contribution in [-0.4, -0.2) is 30.5 Å². The molecule has 1 amide bonds. The van der Waals surface area contributed by atoms with Crippen molar-refractivity contribution in [2.45, 2.75) is 69.9 Å². The second kappa shape index (κ2) is 8.60. The Kier molecular flexibility index (Phi) is 6.48. The molecule has 0 spiro atoms. The number of amides is 1. The molecular formula is C23H28ClNO4S. The molecule has 1 atom stereocenters. The number of hydrogen-bond acceptors (Lipinski definition) is 4. The Bertz CT molecular complexity index is 1030. The molecule has 30 heavy (non-hydrogen) atoms. The van der Waals surface area contributed by atoms with Gasteiger partial charge < -0.3 is 4.74 Å². The number of carbonyl (C=O) groups excluding carboxylic acids is 1. The predicted octanol–water partition coefficient (Wildman–Crippen LogP) is 5.39. The van der Waals surface area contributed by atoms with Crippen molar-refractivity contribution >= 4 is 27.7 Å². The van der Waals surface area contributed by atoms with Crippen molar-refractivity contribution in [2.75, 3.05) is 0 Å². The van der Waals surface area contributed by atoms with Gasteiger partial charge in [-0.2, -0.15) is 4.31 Å². The van der Waals surface area contributed by atoms with Crippen LogP contribution in [0.2, 0.25) is 5.02 Å². The quantitative estimate of drug-likeness (QED) is 0.628. The van der Waals surface area contributed by atoms with Crippen molar-refractivity contribution in [2.24, 2.45) is 0 Å². The van der Waals surface area contributed by atoms with E-state index in [0.29, 0.717) is 17.9 Å². The van der Waals surface area contributed by atoms with Crippen LogP contribution in [0.25, 0.3) is 0 Å². The first kappa shape index (κ1) is 22.6. The van der Waals surface area contributed by atoms with E-state index in [1.165, 1.54) is 35.4 Å². The Balaban J connectivity index is 2.02. The third kappa shape index (κ3) is 4.81. The van der Waals surface area contributed by atoms with Gasteiger partial charge in [0.05, 0.1) is 10.9 Å². The van der Waals surface area contributed by atoms with Gasteiger partial charge in [-0.1, -0.05) is 36.7 Å². The van der Waals surface area contributed by atoms with Gasteiger partial charge in [-0.15, -0.1) is 0 Å². The molecule has 0 saturated heterocycles. The lowest BCUT2D eigenvalue weighted by Gasteiger charge is -2.35. The molecule has 1 aliphatic rings. The van der Waals surface area contributed by atoms with Gasteiger partial charge in [0.2, 0.25) is 0 Å². The highest BCUT2D eigenvalue weighted by Gasteiger charge is 2.40. The molecule has 0 heterocycles. The van der Waals surface area contributed by atoms with Gasteiger partial charge in [-0.3, -0.25) is 0 Å². The minimum absolute atomic E-state index is 0.0193. The first-order valence-corrected chi connectivity index (χ1v) is 12.0. The molecule has 0 aliphatic heterocycles. The number of aryl methyl sites for hydroxylation is 1. The van der Waals surface area contributed by atoms with E-state index in [0.717, 1.165) is 22.7 Å². The molecule has 0 saturated carbocycles. The van der Waals surface area contributed by atoms with Crippen LogP contribution in [0.5, 0.6) is 0 Å². The van der Waals surface area contributed by atoms with E-state index in [4.69, 9.17) is 16.3 Å². The van der Waals surface area contributed by atoms with Crippen molar-refractivity contribution in [3.05, 3.63) is 64.2 Å². The number of hydrogen-bond donors (Lipinski definition) is 0. The first-order chi connectivity index (χ1) is 14.0. The Morgan fingerprint density at radius 1 is 1.17 bits per heavy atom. The lowest BCUT2D eigenvalue weighted by Crippen LogP contribution is -2.49. The lowest BCUT2D eigenvalue weighted by molar-refractivity contribution is 0.0329. The maximum absolute atomic E-state index is 13.5. The summed E-state index contributed by atoms with van der Waals surface area (Å²) in [6, 6.07) is 11.4. The molecule has 2 aromatic carbocycles. The molecule has 162 valence electrons. The van der Waals surface area contributed by atoms with Gasteiger partial charge in [0.1, 0.15) is 5.60 Å². The van der Waals surface area contributed by atoms with Crippen LogP contribution < -0.4 is 0 Å². The third-order valence-corrected chi connectivity index (χ3v) is 7.29. The zero-order valence-electron chi connectivity index (χ0n) is 17.8. The molecule has 0 N–H and O–H groups in total. The number of nitrogens with zero attached hydrogens (tertiary/aromatic N) is 1. The Labute approximate surface area is 184 Å². The fraction of sp³-hybridized carbons (Fsp3) is 0.435. The molecule has 0 radical (unpaired) electrons. The summed E-state index contributed by atoms with van der Waals surface area (Å²) in [7, 11) is -4.11. The fourth-order valence-corrected chi connectivity index (χ4v) is 5.51. The molecule has 0 aromatic heterocycles. The smallest absolute Gasteiger partial charge is 0.424 e. The van der Waals surface area contributed by atoms with E-state index < -0.39 is 27.8 Å². The molecule has 0 fully saturated rings. The molecule has 7 heteroatoms. The topological polar surface area (TPSA) is 63.7 Å². The summed E-state index contributed by atoms with van der Waals surface area (Å²) in [5, 5.41) is 0.427. The summed E-state index contributed by atoms with van der Waals surface area (Å²) >= 11 is 5.92. The molecule has 1 unspecified atom stereocenters. The van der Waals surface area contributed by atoms with Gasteiger partial charge in [0.25, 0.3) is 10.0 Å². The predicted molar refractivity (Wildman–Crippen MR) is 118 cm³/mol. The maximum Gasteiger partial charge on any atom is 0.424 e. The number of benzene rings is 2. The number of halogens is 1. The Morgan fingerprint density at radius 2 is 1.83 bits per heavy atom. The second-order valence-electron chi connectivity index (χ2n) is 8.54. The average Bonchev–Trinajstić information content (AvgIpc) is 2.66. The molecular weight excluding hydrogens is 422 g/mol. The number of carbonyl (C=O) groups is 1. The number of ether oxygens (including phenoxy) is 1. The maximum atomic E-state index is 13.5. The first-order valence-electron chi connectivity index (χ1n) is 10.2. The van der Waals surface area contributed by atoms with Crippen molar-refractivity contribution in [1.29, 1.82) is 0 Å². The summed E-state index contributed by atoms with van der Waals surface area (Å²) in [5.74, 6) is 0. The second-order valence-corrected chi connectivity index (χ2v) is 10.8. The minimum Gasteiger partial charge on any atom is -0.443 e. The molecule has 2 aromatic rings. The summed E-state index contributed by atoms with van der Waals surface area (Å²) in [5.41, 5.74) is 2.82. The van der Waals surface area contributed by atoms with E-state index in [9.17, 15) is 13.2 Å². The molecule has 5 nitrogen and oxygen atoms in total. The highest BCUT2D eigenvalue weighted by atomic mass is 35.5. The van der Waals surface area contributed by atoms with Crippen LogP contribution in [0.4, 0.5) is 4.79 Å². The summed E-state index contributed by atoms with van der Waals surface area (Å²) in [6.45, 7) is 7.28. The van der Waals surface area contributed by atoms with Gasteiger partial charge in [0, 0.05) is 5.02 Å². The SMILES string of the molecule is CCc1cccc2c1CCC(N(C(=O)OC(C)(C)C)S(=O)(=O)c1ccc(Cl)cc1)C2. The normalized spacial score (nSPS) is 16.6. The van der Waals surface area contributed by atoms with E-state index in [2.05, 4.69) is 13.0 Å². The van der Waals surface area contributed by atoms with Crippen LogP contribution in [-0.2, 0) is 34.0 Å². The van der Waals surface area contributed by atoms with Crippen LogP contribution in [0.1, 0.15) is 50.8 Å². The van der Waals surface area contributed by atoms with Crippen LogP contribution in [0.15, 0.2) is 47.4 Å². The van der Waals surface area contributed by atoms with Gasteiger partial charge in [0.15, 0.2) is 0 Å². The van der Waals surface area contributed by atoms with Crippen molar-refractivity contribution < 1.29 is 17.9 Å². The highest BCUT2D eigenvalue weighted by Crippen LogP contribution is 2.32. The Morgan fingerprint density at radius 3 is 2.43 bits per heavy atom. The standard InChI is InChI=1S/C23H28ClNO4S/c1-5-16-7-6-8-17-15-19(11-14-21(16)17)25(22(26)29-23(2,3)4)30(27,28)20-12-9-18(24)10-13-20/h6-10,12-13,19H,5,11,14-15H2,1-4H3. The molecule has 1 aliphatic carbocycles. The zero-order chi connectivity index (χ0) is 22.1. The number of fused-ring (bicyclic) bond motifs is 1. The van der Waals surface area contributed by atoms with Crippen LogP contribution in [0.3, 0.4) is 0 Å². The van der Waals surface area contributed by atoms with Gasteiger partial charge >= 0.3 is 6.09 Å². The summed E-state index contributed by atoms with van der Waals surface area (Å²) in [6.07, 6.45) is 1.81.